The van der Waals surface area contributed by atoms with Crippen molar-refractivity contribution in [3.63, 3.8) is 0 Å². The molecule has 0 bridgehead atoms. The third-order valence-corrected chi connectivity index (χ3v) is 8.15. The van der Waals surface area contributed by atoms with Gasteiger partial charge in [-0.2, -0.15) is 4.31 Å². The van der Waals surface area contributed by atoms with Gasteiger partial charge in [-0.25, -0.2) is 8.42 Å². The molecule has 8 heteroatoms. The fourth-order valence-corrected chi connectivity index (χ4v) is 6.10. The van der Waals surface area contributed by atoms with Crippen LogP contribution in [-0.4, -0.2) is 43.2 Å². The van der Waals surface area contributed by atoms with Crippen LogP contribution in [0.1, 0.15) is 35.1 Å². The second kappa shape index (κ2) is 9.27. The highest BCUT2D eigenvalue weighted by atomic mass is 35.5. The Kier molecular flexibility index (Phi) is 7.13. The zero-order valence-corrected chi connectivity index (χ0v) is 19.7. The maximum atomic E-state index is 13.7. The number of carbonyl (C=O) groups excluding carboxylic acids is 1. The van der Waals surface area contributed by atoms with Gasteiger partial charge in [0, 0.05) is 19.6 Å². The number of hydrogen-bond donors (Lipinski definition) is 0. The first-order chi connectivity index (χ1) is 14.1. The highest BCUT2D eigenvalue weighted by Crippen LogP contribution is 2.28. The number of sulfonamides is 1. The Morgan fingerprint density at radius 1 is 1.00 bits per heavy atom. The number of nitrogens with zero attached hydrogens (tertiary/aromatic N) is 2. The number of benzene rings is 2. The minimum atomic E-state index is -3.92. The fourth-order valence-electron chi connectivity index (χ4n) is 3.99. The van der Waals surface area contributed by atoms with Crippen molar-refractivity contribution in [2.75, 3.05) is 19.6 Å². The zero-order valence-electron chi connectivity index (χ0n) is 17.4. The average Bonchev–Trinajstić information content (AvgIpc) is 3.18. The standard InChI is InChI=1S/C22H26Cl2N2O3S/c1-15-10-16(2)22(17(3)11-15)30(28,29)26(14-21(27)25-8-4-5-9-25)13-18-6-7-19(23)20(24)12-18/h6-7,10-12H,4-5,8-9,13-14H2,1-3H3. The van der Waals surface area contributed by atoms with Crippen molar-refractivity contribution >= 4 is 39.1 Å². The van der Waals surface area contributed by atoms with Gasteiger partial charge in [0.1, 0.15) is 0 Å². The number of hydrogen-bond acceptors (Lipinski definition) is 3. The molecule has 3 rings (SSSR count). The van der Waals surface area contributed by atoms with Crippen LogP contribution in [0.15, 0.2) is 35.2 Å². The largest absolute Gasteiger partial charge is 0.342 e. The second-order valence-electron chi connectivity index (χ2n) is 7.84. The number of likely N-dealkylation sites (tertiary alicyclic amines) is 1. The van der Waals surface area contributed by atoms with Crippen LogP contribution in [0.3, 0.4) is 0 Å². The predicted molar refractivity (Wildman–Crippen MR) is 121 cm³/mol. The van der Waals surface area contributed by atoms with Crippen LogP contribution < -0.4 is 0 Å². The van der Waals surface area contributed by atoms with Gasteiger partial charge in [-0.1, -0.05) is 47.0 Å². The SMILES string of the molecule is Cc1cc(C)c(S(=O)(=O)N(CC(=O)N2CCCC2)Cc2ccc(Cl)c(Cl)c2)c(C)c1. The summed E-state index contributed by atoms with van der Waals surface area (Å²) in [5, 5.41) is 0.744. The molecule has 0 unspecified atom stereocenters. The molecule has 0 aromatic heterocycles. The number of halogens is 2. The van der Waals surface area contributed by atoms with Crippen molar-refractivity contribution < 1.29 is 13.2 Å². The van der Waals surface area contributed by atoms with Gasteiger partial charge in [0.05, 0.1) is 21.5 Å². The van der Waals surface area contributed by atoms with E-state index in [9.17, 15) is 13.2 Å². The Balaban J connectivity index is 2.00. The first kappa shape index (κ1) is 23.1. The molecule has 0 aliphatic carbocycles. The van der Waals surface area contributed by atoms with Crippen molar-refractivity contribution in [2.45, 2.75) is 45.1 Å². The molecule has 1 fully saturated rings. The van der Waals surface area contributed by atoms with Crippen LogP contribution in [0.4, 0.5) is 0 Å². The Morgan fingerprint density at radius 3 is 2.17 bits per heavy atom. The van der Waals surface area contributed by atoms with Crippen LogP contribution in [0.5, 0.6) is 0 Å². The normalized spacial score (nSPS) is 14.5. The molecule has 1 saturated heterocycles. The van der Waals surface area contributed by atoms with E-state index in [0.717, 1.165) is 18.4 Å². The number of aryl methyl sites for hydroxylation is 3. The third-order valence-electron chi connectivity index (χ3n) is 5.32. The van der Waals surface area contributed by atoms with E-state index in [4.69, 9.17) is 23.2 Å². The van der Waals surface area contributed by atoms with Crippen molar-refractivity contribution in [3.8, 4) is 0 Å². The summed E-state index contributed by atoms with van der Waals surface area (Å²) in [5.41, 5.74) is 3.00. The summed E-state index contributed by atoms with van der Waals surface area (Å²) in [6.45, 7) is 6.66. The molecule has 0 spiro atoms. The molecule has 2 aromatic carbocycles. The van der Waals surface area contributed by atoms with Crippen LogP contribution >= 0.6 is 23.2 Å². The average molecular weight is 469 g/mol. The van der Waals surface area contributed by atoms with E-state index in [1.807, 2.05) is 19.1 Å². The minimum absolute atomic E-state index is 0.0333. The Hall–Kier alpha value is -1.60. The van der Waals surface area contributed by atoms with Crippen LogP contribution in [0, 0.1) is 20.8 Å². The van der Waals surface area contributed by atoms with Gasteiger partial charge >= 0.3 is 0 Å². The van der Waals surface area contributed by atoms with E-state index in [2.05, 4.69) is 0 Å². The molecule has 1 aliphatic rings. The number of rotatable bonds is 6. The maximum absolute atomic E-state index is 13.7. The lowest BCUT2D eigenvalue weighted by molar-refractivity contribution is -0.130. The van der Waals surface area contributed by atoms with Gasteiger partial charge in [-0.15, -0.1) is 0 Å². The summed E-state index contributed by atoms with van der Waals surface area (Å²) in [7, 11) is -3.92. The van der Waals surface area contributed by atoms with Gasteiger partial charge in [-0.3, -0.25) is 4.79 Å². The Morgan fingerprint density at radius 2 is 1.60 bits per heavy atom. The van der Waals surface area contributed by atoms with Gasteiger partial charge < -0.3 is 4.90 Å². The maximum Gasteiger partial charge on any atom is 0.244 e. The van der Waals surface area contributed by atoms with Crippen LogP contribution in [0.2, 0.25) is 10.0 Å². The van der Waals surface area contributed by atoms with Gasteiger partial charge in [0.15, 0.2) is 0 Å². The summed E-state index contributed by atoms with van der Waals surface area (Å²) in [5.74, 6) is -0.182. The molecule has 30 heavy (non-hydrogen) atoms. The summed E-state index contributed by atoms with van der Waals surface area (Å²) in [4.78, 5) is 14.8. The van der Waals surface area contributed by atoms with E-state index in [1.54, 1.807) is 36.9 Å². The van der Waals surface area contributed by atoms with E-state index in [-0.39, 0.29) is 23.9 Å². The van der Waals surface area contributed by atoms with E-state index >= 15 is 0 Å². The first-order valence-corrected chi connectivity index (χ1v) is 12.1. The monoisotopic (exact) mass is 468 g/mol. The van der Waals surface area contributed by atoms with Crippen molar-refractivity contribution in [1.29, 1.82) is 0 Å². The fraction of sp³-hybridized carbons (Fsp3) is 0.409. The molecule has 0 saturated carbocycles. The van der Waals surface area contributed by atoms with Gasteiger partial charge in [0.2, 0.25) is 15.9 Å². The van der Waals surface area contributed by atoms with E-state index in [1.165, 1.54) is 4.31 Å². The summed E-state index contributed by atoms with van der Waals surface area (Å²) >= 11 is 12.1. The zero-order chi connectivity index (χ0) is 22.1. The molecule has 2 aromatic rings. The molecular weight excluding hydrogens is 443 g/mol. The molecule has 162 valence electrons. The van der Waals surface area contributed by atoms with Crippen molar-refractivity contribution in [2.24, 2.45) is 0 Å². The molecule has 1 heterocycles. The van der Waals surface area contributed by atoms with E-state index in [0.29, 0.717) is 39.8 Å². The van der Waals surface area contributed by atoms with E-state index < -0.39 is 10.0 Å². The Bertz CT molecular complexity index is 1040. The highest BCUT2D eigenvalue weighted by Gasteiger charge is 2.32. The quantitative estimate of drug-likeness (QED) is 0.615. The number of carbonyl (C=O) groups is 1. The van der Waals surface area contributed by atoms with Gasteiger partial charge in [0.25, 0.3) is 0 Å². The summed E-state index contributed by atoms with van der Waals surface area (Å²) < 4.78 is 28.6. The third kappa shape index (κ3) is 4.99. The molecule has 1 amide bonds. The lowest BCUT2D eigenvalue weighted by Crippen LogP contribution is -2.41. The first-order valence-electron chi connectivity index (χ1n) is 9.89. The van der Waals surface area contributed by atoms with Crippen molar-refractivity contribution in [3.05, 3.63) is 62.6 Å². The lowest BCUT2D eigenvalue weighted by atomic mass is 10.1. The molecule has 5 nitrogen and oxygen atoms in total. The minimum Gasteiger partial charge on any atom is -0.342 e. The topological polar surface area (TPSA) is 57.7 Å². The summed E-state index contributed by atoms with van der Waals surface area (Å²) in [6, 6.07) is 8.70. The summed E-state index contributed by atoms with van der Waals surface area (Å²) in [6.07, 6.45) is 1.89. The van der Waals surface area contributed by atoms with Crippen LogP contribution in [-0.2, 0) is 21.4 Å². The predicted octanol–water partition coefficient (Wildman–Crippen LogP) is 4.73. The van der Waals surface area contributed by atoms with Crippen LogP contribution in [0.25, 0.3) is 0 Å². The second-order valence-corrected chi connectivity index (χ2v) is 10.5. The molecule has 1 aliphatic heterocycles. The smallest absolute Gasteiger partial charge is 0.244 e. The van der Waals surface area contributed by atoms with Crippen molar-refractivity contribution in [1.82, 2.24) is 9.21 Å². The number of amides is 1. The molecule has 0 N–H and O–H groups in total. The lowest BCUT2D eigenvalue weighted by Gasteiger charge is -2.26. The highest BCUT2D eigenvalue weighted by molar-refractivity contribution is 7.89. The molecule has 0 radical (unpaired) electrons. The molecular formula is C22H26Cl2N2O3S. The Labute approximate surface area is 188 Å². The van der Waals surface area contributed by atoms with Gasteiger partial charge in [-0.05, 0) is 62.4 Å². The molecule has 0 atom stereocenters.